The number of aliphatic imine (C=N–C) groups is 1. The van der Waals surface area contributed by atoms with Crippen LogP contribution >= 0.6 is 0 Å². The highest BCUT2D eigenvalue weighted by Gasteiger charge is 2.17. The van der Waals surface area contributed by atoms with Crippen LogP contribution in [0.25, 0.3) is 11.6 Å². The van der Waals surface area contributed by atoms with Gasteiger partial charge in [-0.1, -0.05) is 32.3 Å². The maximum absolute atomic E-state index is 12.9. The van der Waals surface area contributed by atoms with Gasteiger partial charge in [0.1, 0.15) is 11.7 Å². The zero-order valence-corrected chi connectivity index (χ0v) is 16.8. The van der Waals surface area contributed by atoms with Crippen LogP contribution in [0.5, 0.6) is 0 Å². The van der Waals surface area contributed by atoms with Crippen molar-refractivity contribution in [2.24, 2.45) is 4.99 Å². The van der Waals surface area contributed by atoms with Crippen molar-refractivity contribution < 1.29 is 5.11 Å². The predicted molar refractivity (Wildman–Crippen MR) is 115 cm³/mol. The van der Waals surface area contributed by atoms with Crippen LogP contribution in [0.3, 0.4) is 0 Å². The Morgan fingerprint density at radius 3 is 2.79 bits per heavy atom. The minimum atomic E-state index is -0.534. The zero-order chi connectivity index (χ0) is 19.9. The average molecular weight is 385 g/mol. The molecule has 0 radical (unpaired) electrons. The summed E-state index contributed by atoms with van der Waals surface area (Å²) in [5, 5.41) is 13.8. The summed E-state index contributed by atoms with van der Waals surface area (Å²) in [7, 11) is 0. The minimum absolute atomic E-state index is 0.0672. The highest BCUT2D eigenvalue weighted by Crippen LogP contribution is 2.22. The van der Waals surface area contributed by atoms with Gasteiger partial charge >= 0.3 is 0 Å². The largest absolute Gasteiger partial charge is 0.379 e. The second-order valence-electron chi connectivity index (χ2n) is 7.53. The number of hydrogen-bond acceptors (Lipinski definition) is 4. The molecule has 0 aromatic carbocycles. The molecular formula is C22H32N4O2. The van der Waals surface area contributed by atoms with E-state index in [0.29, 0.717) is 36.8 Å². The van der Waals surface area contributed by atoms with Crippen molar-refractivity contribution in [3.05, 3.63) is 41.0 Å². The van der Waals surface area contributed by atoms with Gasteiger partial charge in [0, 0.05) is 25.0 Å². The molecule has 3 rings (SSSR count). The van der Waals surface area contributed by atoms with Crippen LogP contribution in [-0.4, -0.2) is 32.6 Å². The maximum Gasteiger partial charge on any atom is 0.276 e. The van der Waals surface area contributed by atoms with Gasteiger partial charge in [-0.25, -0.2) is 4.99 Å². The van der Waals surface area contributed by atoms with Gasteiger partial charge in [0.05, 0.1) is 5.69 Å². The minimum Gasteiger partial charge on any atom is -0.379 e. The fourth-order valence-corrected chi connectivity index (χ4v) is 4.15. The average Bonchev–Trinajstić information content (AvgIpc) is 3.03. The molecule has 0 bridgehead atoms. The van der Waals surface area contributed by atoms with E-state index in [1.54, 1.807) is 16.9 Å². The number of nitrogens with one attached hydrogen (secondary N) is 1. The van der Waals surface area contributed by atoms with Crippen LogP contribution in [0.1, 0.15) is 64.0 Å². The normalized spacial score (nSPS) is 17.2. The number of nitrogens with zero attached hydrogens (tertiary/aromatic N) is 3. The van der Waals surface area contributed by atoms with Crippen molar-refractivity contribution in [2.45, 2.75) is 77.1 Å². The lowest BCUT2D eigenvalue weighted by Gasteiger charge is -2.21. The van der Waals surface area contributed by atoms with Crippen molar-refractivity contribution in [2.75, 3.05) is 0 Å². The second-order valence-corrected chi connectivity index (χ2v) is 7.53. The number of aliphatic hydroxyl groups is 1. The van der Waals surface area contributed by atoms with Crippen LogP contribution in [0.15, 0.2) is 34.7 Å². The van der Waals surface area contributed by atoms with E-state index < -0.39 is 6.23 Å². The van der Waals surface area contributed by atoms with Gasteiger partial charge in [-0.2, -0.15) is 0 Å². The third kappa shape index (κ3) is 4.62. The van der Waals surface area contributed by atoms with Crippen molar-refractivity contribution in [1.29, 1.82) is 0 Å². The van der Waals surface area contributed by atoms with E-state index >= 15 is 0 Å². The first kappa shape index (κ1) is 20.6. The Morgan fingerprint density at radius 2 is 2.11 bits per heavy atom. The molecule has 1 aliphatic carbocycles. The fraction of sp³-hybridized carbons (Fsp3) is 0.545. The third-order valence-electron chi connectivity index (χ3n) is 5.54. The second kappa shape index (κ2) is 9.85. The van der Waals surface area contributed by atoms with Crippen LogP contribution in [0, 0.1) is 0 Å². The molecule has 0 unspecified atom stereocenters. The lowest BCUT2D eigenvalue weighted by atomic mass is 10.1. The standard InChI is InChI=1S/C22H32N4O2/c1-3-18-21(23-4-2)26(22(28)19-13-9-15-25(18)19)16-10-14-20(27)24-17-11-7-5-6-8-12-17/h3-4,9,13,15,17,20,24,27H,1,5-8,10-12,14,16H2,2H3/b23-4-/t20-/m0/s1. The first-order chi connectivity index (χ1) is 13.7. The van der Waals surface area contributed by atoms with E-state index in [1.807, 2.05) is 29.7 Å². The van der Waals surface area contributed by atoms with E-state index in [2.05, 4.69) is 16.9 Å². The zero-order valence-electron chi connectivity index (χ0n) is 16.8. The molecule has 0 saturated heterocycles. The summed E-state index contributed by atoms with van der Waals surface area (Å²) in [6.07, 6.45) is 13.4. The van der Waals surface area contributed by atoms with Crippen LogP contribution < -0.4 is 10.9 Å². The third-order valence-corrected chi connectivity index (χ3v) is 5.54. The van der Waals surface area contributed by atoms with Crippen LogP contribution in [-0.2, 0) is 6.54 Å². The molecule has 6 nitrogen and oxygen atoms in total. The summed E-state index contributed by atoms with van der Waals surface area (Å²) < 4.78 is 3.53. The van der Waals surface area contributed by atoms with Crippen molar-refractivity contribution in [1.82, 2.24) is 14.3 Å². The number of hydrogen-bond donors (Lipinski definition) is 2. The summed E-state index contributed by atoms with van der Waals surface area (Å²) in [4.78, 5) is 17.4. The number of fused-ring (bicyclic) bond motifs is 1. The molecular weight excluding hydrogens is 352 g/mol. The van der Waals surface area contributed by atoms with Gasteiger partial charge in [-0.05, 0) is 50.8 Å². The molecule has 1 fully saturated rings. The van der Waals surface area contributed by atoms with Gasteiger partial charge in [-0.3, -0.25) is 14.7 Å². The molecule has 1 atom stereocenters. The lowest BCUT2D eigenvalue weighted by Crippen LogP contribution is -2.38. The smallest absolute Gasteiger partial charge is 0.276 e. The molecule has 28 heavy (non-hydrogen) atoms. The molecule has 2 aromatic heterocycles. The van der Waals surface area contributed by atoms with Gasteiger partial charge < -0.3 is 9.51 Å². The molecule has 152 valence electrons. The quantitative estimate of drug-likeness (QED) is 0.412. The van der Waals surface area contributed by atoms with Gasteiger partial charge in [0.25, 0.3) is 5.56 Å². The monoisotopic (exact) mass is 384 g/mol. The first-order valence-electron chi connectivity index (χ1n) is 10.4. The van der Waals surface area contributed by atoms with E-state index in [1.165, 1.54) is 25.7 Å². The molecule has 1 saturated carbocycles. The first-order valence-corrected chi connectivity index (χ1v) is 10.4. The lowest BCUT2D eigenvalue weighted by molar-refractivity contribution is 0.106. The topological polar surface area (TPSA) is 71.0 Å². The molecule has 1 aliphatic rings. The Kier molecular flexibility index (Phi) is 7.23. The Bertz CT molecular complexity index is 873. The Labute approximate surface area is 166 Å². The highest BCUT2D eigenvalue weighted by atomic mass is 16.3. The van der Waals surface area contributed by atoms with Crippen LogP contribution in [0.2, 0.25) is 0 Å². The van der Waals surface area contributed by atoms with E-state index in [0.717, 1.165) is 18.5 Å². The number of aliphatic hydroxyl groups excluding tert-OH is 1. The molecule has 6 heteroatoms. The van der Waals surface area contributed by atoms with Gasteiger partial charge in [0.2, 0.25) is 0 Å². The van der Waals surface area contributed by atoms with Gasteiger partial charge in [0.15, 0.2) is 5.82 Å². The maximum atomic E-state index is 12.9. The summed E-state index contributed by atoms with van der Waals surface area (Å²) in [6.45, 7) is 6.24. The van der Waals surface area contributed by atoms with E-state index in [9.17, 15) is 9.90 Å². The van der Waals surface area contributed by atoms with Crippen LogP contribution in [0.4, 0.5) is 5.82 Å². The summed E-state index contributed by atoms with van der Waals surface area (Å²) in [6, 6.07) is 4.08. The Hall–Kier alpha value is -2.18. The Balaban J connectivity index is 1.71. The number of rotatable bonds is 8. The molecule has 0 spiro atoms. The number of aromatic nitrogens is 2. The highest BCUT2D eigenvalue weighted by molar-refractivity contribution is 5.67. The van der Waals surface area contributed by atoms with E-state index in [-0.39, 0.29) is 5.56 Å². The fourth-order valence-electron chi connectivity index (χ4n) is 4.15. The van der Waals surface area contributed by atoms with Gasteiger partial charge in [-0.15, -0.1) is 0 Å². The summed E-state index contributed by atoms with van der Waals surface area (Å²) >= 11 is 0. The molecule has 0 amide bonds. The summed E-state index contributed by atoms with van der Waals surface area (Å²) in [5.41, 5.74) is 1.35. The molecule has 0 aliphatic heterocycles. The van der Waals surface area contributed by atoms with E-state index in [4.69, 9.17) is 0 Å². The van der Waals surface area contributed by atoms with Crippen molar-refractivity contribution >= 4 is 23.6 Å². The van der Waals surface area contributed by atoms with Crippen molar-refractivity contribution in [3.63, 3.8) is 0 Å². The summed E-state index contributed by atoms with van der Waals surface area (Å²) in [5.74, 6) is 0.609. The Morgan fingerprint density at radius 1 is 1.36 bits per heavy atom. The molecule has 2 aromatic rings. The SMILES string of the molecule is C=Cc1c(/N=C\C)n(CCC[C@H](O)NC2CCCCCC2)c(=O)c2cccn12. The molecule has 2 N–H and O–H groups in total. The predicted octanol–water partition coefficient (Wildman–Crippen LogP) is 3.88. The molecule has 2 heterocycles. The van der Waals surface area contributed by atoms with Crippen molar-refractivity contribution in [3.8, 4) is 0 Å².